The summed E-state index contributed by atoms with van der Waals surface area (Å²) in [7, 11) is 0.924. The third-order valence-electron chi connectivity index (χ3n) is 3.47. The SMILES string of the molecule is CC(C)(O)C(C)(C)O[B]c1cc(C=O)ccc1C(F)(F)F. The molecule has 0 saturated carbocycles. The molecule has 0 saturated heterocycles. The Balaban J connectivity index is 3.09. The number of carbonyl (C=O) groups excluding carboxylic acids is 1. The van der Waals surface area contributed by atoms with Crippen molar-refractivity contribution in [1.82, 2.24) is 0 Å². The standard InChI is InChI=1S/C14H17BF3O3/c1-12(2,20)13(3,4)21-15-11-7-9(8-19)5-6-10(11)14(16,17)18/h5-8,20H,1-4H3. The normalized spacial score (nSPS) is 13.1. The van der Waals surface area contributed by atoms with Crippen molar-refractivity contribution in [1.29, 1.82) is 0 Å². The summed E-state index contributed by atoms with van der Waals surface area (Å²) in [4.78, 5) is 10.7. The Hall–Kier alpha value is -1.34. The Morgan fingerprint density at radius 3 is 2.19 bits per heavy atom. The van der Waals surface area contributed by atoms with Crippen molar-refractivity contribution in [2.45, 2.75) is 45.1 Å². The number of rotatable bonds is 5. The highest BCUT2D eigenvalue weighted by Crippen LogP contribution is 2.29. The molecule has 0 aromatic heterocycles. The largest absolute Gasteiger partial charge is 0.427 e. The second-order valence-electron chi connectivity index (χ2n) is 5.77. The smallest absolute Gasteiger partial charge is 0.415 e. The van der Waals surface area contributed by atoms with E-state index in [1.807, 2.05) is 0 Å². The van der Waals surface area contributed by atoms with Crippen LogP contribution in [0, 0.1) is 0 Å². The minimum absolute atomic E-state index is 0.110. The topological polar surface area (TPSA) is 46.5 Å². The molecule has 1 rings (SSSR count). The minimum Gasteiger partial charge on any atom is -0.427 e. The maximum Gasteiger partial charge on any atom is 0.415 e. The lowest BCUT2D eigenvalue weighted by Gasteiger charge is -2.37. The Kier molecular flexibility index (Phi) is 4.90. The molecule has 1 aromatic rings. The van der Waals surface area contributed by atoms with Crippen molar-refractivity contribution in [3.05, 3.63) is 29.3 Å². The fourth-order valence-corrected chi connectivity index (χ4v) is 1.37. The molecule has 115 valence electrons. The number of hydrogen-bond donors (Lipinski definition) is 1. The number of aliphatic hydroxyl groups is 1. The van der Waals surface area contributed by atoms with E-state index in [0.717, 1.165) is 25.7 Å². The zero-order valence-electron chi connectivity index (χ0n) is 12.3. The van der Waals surface area contributed by atoms with Crippen LogP contribution in [0.15, 0.2) is 18.2 Å². The van der Waals surface area contributed by atoms with Crippen molar-refractivity contribution in [3.63, 3.8) is 0 Å². The first kappa shape index (κ1) is 17.7. The molecular weight excluding hydrogens is 284 g/mol. The van der Waals surface area contributed by atoms with Crippen molar-refractivity contribution < 1.29 is 27.7 Å². The van der Waals surface area contributed by atoms with Gasteiger partial charge >= 0.3 is 13.7 Å². The highest BCUT2D eigenvalue weighted by atomic mass is 19.4. The fraction of sp³-hybridized carbons (Fsp3) is 0.500. The molecule has 0 unspecified atom stereocenters. The van der Waals surface area contributed by atoms with Gasteiger partial charge in [0.2, 0.25) is 0 Å². The van der Waals surface area contributed by atoms with E-state index in [9.17, 15) is 23.1 Å². The average molecular weight is 301 g/mol. The van der Waals surface area contributed by atoms with E-state index in [1.54, 1.807) is 13.8 Å². The van der Waals surface area contributed by atoms with Gasteiger partial charge in [0.05, 0.1) is 16.8 Å². The highest BCUT2D eigenvalue weighted by molar-refractivity contribution is 6.48. The van der Waals surface area contributed by atoms with Crippen LogP contribution in [0.2, 0.25) is 0 Å². The summed E-state index contributed by atoms with van der Waals surface area (Å²) in [5.41, 5.74) is -3.42. The van der Waals surface area contributed by atoms with Crippen molar-refractivity contribution in [3.8, 4) is 0 Å². The molecule has 0 atom stereocenters. The zero-order valence-corrected chi connectivity index (χ0v) is 12.3. The van der Waals surface area contributed by atoms with E-state index in [4.69, 9.17) is 4.65 Å². The summed E-state index contributed by atoms with van der Waals surface area (Å²) in [6.07, 6.45) is -4.10. The molecule has 0 aliphatic heterocycles. The summed E-state index contributed by atoms with van der Waals surface area (Å²) in [6, 6.07) is 3.01. The Labute approximate surface area is 122 Å². The lowest BCUT2D eigenvalue weighted by Crippen LogP contribution is -2.49. The molecule has 1 aromatic carbocycles. The van der Waals surface area contributed by atoms with E-state index in [2.05, 4.69) is 0 Å². The zero-order chi connectivity index (χ0) is 16.5. The highest BCUT2D eigenvalue weighted by Gasteiger charge is 2.38. The van der Waals surface area contributed by atoms with Crippen LogP contribution in [0.1, 0.15) is 43.6 Å². The predicted octanol–water partition coefficient (Wildman–Crippen LogP) is 2.33. The molecule has 1 radical (unpaired) electrons. The molecule has 0 heterocycles. The summed E-state index contributed by atoms with van der Waals surface area (Å²) >= 11 is 0. The van der Waals surface area contributed by atoms with Crippen LogP contribution in [0.5, 0.6) is 0 Å². The Morgan fingerprint density at radius 2 is 1.76 bits per heavy atom. The van der Waals surface area contributed by atoms with Gasteiger partial charge in [0.1, 0.15) is 6.29 Å². The molecule has 0 bridgehead atoms. The van der Waals surface area contributed by atoms with Gasteiger partial charge in [-0.3, -0.25) is 4.79 Å². The molecule has 3 nitrogen and oxygen atoms in total. The van der Waals surface area contributed by atoms with Gasteiger partial charge in [-0.1, -0.05) is 12.1 Å². The van der Waals surface area contributed by atoms with Gasteiger partial charge in [0.25, 0.3) is 0 Å². The lowest BCUT2D eigenvalue weighted by atomic mass is 9.79. The predicted molar refractivity (Wildman–Crippen MR) is 73.7 cm³/mol. The summed E-state index contributed by atoms with van der Waals surface area (Å²) in [5.74, 6) is 0. The van der Waals surface area contributed by atoms with Crippen molar-refractivity contribution in [2.75, 3.05) is 0 Å². The first-order chi connectivity index (χ1) is 9.38. The van der Waals surface area contributed by atoms with Gasteiger partial charge in [0, 0.05) is 5.56 Å². The van der Waals surface area contributed by atoms with E-state index in [0.29, 0.717) is 6.29 Å². The van der Waals surface area contributed by atoms with E-state index < -0.39 is 22.9 Å². The minimum atomic E-state index is -4.56. The van der Waals surface area contributed by atoms with Gasteiger partial charge in [0.15, 0.2) is 0 Å². The van der Waals surface area contributed by atoms with Gasteiger partial charge in [-0.05, 0) is 39.2 Å². The molecule has 0 spiro atoms. The monoisotopic (exact) mass is 301 g/mol. The van der Waals surface area contributed by atoms with Gasteiger partial charge in [-0.15, -0.1) is 0 Å². The molecule has 0 amide bonds. The summed E-state index contributed by atoms with van der Waals surface area (Å²) in [5, 5.41) is 9.93. The molecule has 1 N–H and O–H groups in total. The van der Waals surface area contributed by atoms with E-state index in [-0.39, 0.29) is 11.0 Å². The molecular formula is C14H17BF3O3. The number of hydrogen-bond acceptors (Lipinski definition) is 3. The molecule has 7 heteroatoms. The van der Waals surface area contributed by atoms with Gasteiger partial charge < -0.3 is 9.76 Å². The van der Waals surface area contributed by atoms with Gasteiger partial charge in [-0.25, -0.2) is 0 Å². The number of aldehydes is 1. The summed E-state index contributed by atoms with van der Waals surface area (Å²) < 4.78 is 44.1. The lowest BCUT2D eigenvalue weighted by molar-refractivity contribution is -0.136. The first-order valence-corrected chi connectivity index (χ1v) is 6.28. The van der Waals surface area contributed by atoms with E-state index >= 15 is 0 Å². The third kappa shape index (κ3) is 4.31. The number of halogens is 3. The maximum atomic E-state index is 12.9. The molecule has 0 aliphatic rings. The van der Waals surface area contributed by atoms with Crippen LogP contribution >= 0.6 is 0 Å². The quantitative estimate of drug-likeness (QED) is 0.670. The summed E-state index contributed by atoms with van der Waals surface area (Å²) in [6.45, 7) is 6.10. The second kappa shape index (κ2) is 5.81. The van der Waals surface area contributed by atoms with Crippen molar-refractivity contribution in [2.24, 2.45) is 0 Å². The van der Waals surface area contributed by atoms with Crippen molar-refractivity contribution >= 4 is 19.2 Å². The van der Waals surface area contributed by atoms with Crippen LogP contribution in [0.25, 0.3) is 0 Å². The molecule has 0 aliphatic carbocycles. The number of carbonyl (C=O) groups is 1. The fourth-order valence-electron chi connectivity index (χ4n) is 1.37. The van der Waals surface area contributed by atoms with E-state index in [1.165, 1.54) is 13.8 Å². The maximum absolute atomic E-state index is 12.9. The van der Waals surface area contributed by atoms with Crippen LogP contribution in [0.3, 0.4) is 0 Å². The third-order valence-corrected chi connectivity index (χ3v) is 3.47. The molecule has 21 heavy (non-hydrogen) atoms. The first-order valence-electron chi connectivity index (χ1n) is 6.28. The van der Waals surface area contributed by atoms with Gasteiger partial charge in [-0.2, -0.15) is 13.2 Å². The average Bonchev–Trinajstić information content (AvgIpc) is 2.33. The van der Waals surface area contributed by atoms with Crippen LogP contribution in [-0.2, 0) is 10.8 Å². The second-order valence-corrected chi connectivity index (χ2v) is 5.77. The Bertz CT molecular complexity index is 519. The number of alkyl halides is 3. The van der Waals surface area contributed by atoms with Crippen LogP contribution in [0.4, 0.5) is 13.2 Å². The molecule has 0 fully saturated rings. The number of benzene rings is 1. The van der Waals surface area contributed by atoms with Crippen LogP contribution < -0.4 is 5.46 Å². The Morgan fingerprint density at radius 1 is 1.19 bits per heavy atom. The van der Waals surface area contributed by atoms with Crippen LogP contribution in [-0.4, -0.2) is 30.1 Å².